The van der Waals surface area contributed by atoms with Gasteiger partial charge < -0.3 is 23.9 Å². The molecule has 3 aliphatic heterocycles. The van der Waals surface area contributed by atoms with Crippen LogP contribution in [0.1, 0.15) is 228 Å². The fourth-order valence-electron chi connectivity index (χ4n) is 16.7. The lowest BCUT2D eigenvalue weighted by Gasteiger charge is -2.46. The van der Waals surface area contributed by atoms with Crippen LogP contribution in [0.2, 0.25) is 0 Å². The smallest absolute Gasteiger partial charge is 0.297 e. The van der Waals surface area contributed by atoms with Crippen LogP contribution in [0.15, 0.2) is 131 Å². The van der Waals surface area contributed by atoms with E-state index in [-0.39, 0.29) is 50.0 Å². The maximum absolute atomic E-state index is 7.89. The summed E-state index contributed by atoms with van der Waals surface area (Å²) in [7, 11) is 0. The zero-order chi connectivity index (χ0) is 61.0. The summed E-state index contributed by atoms with van der Waals surface area (Å²) in [6.07, 6.45) is 15.0. The van der Waals surface area contributed by atoms with E-state index in [4.69, 9.17) is 9.15 Å². The fourth-order valence-corrected chi connectivity index (χ4v) is 16.7. The minimum atomic E-state index is -0.209. The molecule has 4 heterocycles. The second-order valence-electron chi connectivity index (χ2n) is 33.8. The lowest BCUT2D eigenvalue weighted by molar-refractivity contribution is 0.280. The van der Waals surface area contributed by atoms with Crippen molar-refractivity contribution in [2.75, 3.05) is 14.7 Å². The molecule has 7 aliphatic rings. The minimum Gasteiger partial charge on any atom is -0.468 e. The van der Waals surface area contributed by atoms with Crippen LogP contribution in [0.4, 0.5) is 45.5 Å². The molecule has 1 atom stereocenters. The first-order chi connectivity index (χ1) is 40.3. The maximum atomic E-state index is 7.89. The Balaban J connectivity index is 1.13. The molecule has 0 bridgehead atoms. The van der Waals surface area contributed by atoms with E-state index in [1.165, 1.54) is 102 Å². The standard InChI is InChI=1S/C80H96BN3O2/c1-48(2)32-33-74(6,7)50-24-30-61-64(40-50)82(51-26-28-55-57(42-51)77(12,13)36-34-75(55,8)9)65-44-53(83-62-22-20-21-23-67(62)85-69-41-49(73(3,4)5)25-31-63(69)83)45-66-70(65)81(61)72-71(54-46-59-60(47-68(54)86-72)80(18,19)39-38-79(59,16)17)84(66)52-27-29-56-58(43-52)78(14,15)37-35-76(56,10)11/h20-24,26-31,40-49H,25,32-39H2,1-19H3. The van der Waals surface area contributed by atoms with Gasteiger partial charge in [-0.3, -0.25) is 0 Å². The number of hydrogen-bond donors (Lipinski definition) is 0. The summed E-state index contributed by atoms with van der Waals surface area (Å²) < 4.78 is 15.0. The molecule has 14 rings (SSSR count). The van der Waals surface area contributed by atoms with E-state index in [0.29, 0.717) is 11.8 Å². The van der Waals surface area contributed by atoms with Gasteiger partial charge in [0.25, 0.3) is 6.71 Å². The average molecular weight is 1140 g/mol. The summed E-state index contributed by atoms with van der Waals surface area (Å²) in [5, 5.41) is 1.19. The summed E-state index contributed by atoms with van der Waals surface area (Å²) in [6, 6.07) is 41.7. The normalized spacial score (nSPS) is 21.4. The summed E-state index contributed by atoms with van der Waals surface area (Å²) in [4.78, 5) is 7.94. The predicted octanol–water partition coefficient (Wildman–Crippen LogP) is 20.6. The van der Waals surface area contributed by atoms with Crippen LogP contribution >= 0.6 is 0 Å². The summed E-state index contributed by atoms with van der Waals surface area (Å²) in [5.41, 5.74) is 25.2. The van der Waals surface area contributed by atoms with Crippen LogP contribution in [-0.2, 0) is 37.9 Å². The number of fused-ring (bicyclic) bond motifs is 11. The van der Waals surface area contributed by atoms with Gasteiger partial charge in [-0.05, 0) is 229 Å². The molecular formula is C80H96BN3O2. The Morgan fingerprint density at radius 2 is 1.07 bits per heavy atom. The molecule has 0 N–H and O–H groups in total. The first-order valence-electron chi connectivity index (χ1n) is 33.1. The third-order valence-electron chi connectivity index (χ3n) is 23.0. The Hall–Kier alpha value is -6.40. The van der Waals surface area contributed by atoms with E-state index < -0.39 is 0 Å². The van der Waals surface area contributed by atoms with E-state index >= 15 is 0 Å². The number of allylic oxidation sites excluding steroid dienone is 2. The highest BCUT2D eigenvalue weighted by Crippen LogP contribution is 2.57. The van der Waals surface area contributed by atoms with Crippen molar-refractivity contribution in [3.05, 3.63) is 166 Å². The van der Waals surface area contributed by atoms with Gasteiger partial charge in [0.1, 0.15) is 11.3 Å². The highest BCUT2D eigenvalue weighted by atomic mass is 16.5. The number of para-hydroxylation sites is 2. The molecule has 86 heavy (non-hydrogen) atoms. The van der Waals surface area contributed by atoms with E-state index in [1.807, 2.05) is 0 Å². The largest absolute Gasteiger partial charge is 0.468 e. The van der Waals surface area contributed by atoms with Gasteiger partial charge in [-0.25, -0.2) is 0 Å². The third kappa shape index (κ3) is 8.79. The monoisotopic (exact) mass is 1140 g/mol. The molecule has 1 aromatic heterocycles. The third-order valence-corrected chi connectivity index (χ3v) is 23.0. The van der Waals surface area contributed by atoms with E-state index in [9.17, 15) is 0 Å². The van der Waals surface area contributed by atoms with Crippen molar-refractivity contribution in [1.82, 2.24) is 0 Å². The average Bonchev–Trinajstić information content (AvgIpc) is 1.27. The van der Waals surface area contributed by atoms with E-state index in [1.54, 1.807) is 0 Å². The minimum absolute atomic E-state index is 0.000340. The van der Waals surface area contributed by atoms with Gasteiger partial charge >= 0.3 is 0 Å². The molecular weight excluding hydrogens is 1050 g/mol. The highest BCUT2D eigenvalue weighted by Gasteiger charge is 2.50. The Labute approximate surface area is 516 Å². The summed E-state index contributed by atoms with van der Waals surface area (Å²) >= 11 is 0. The van der Waals surface area contributed by atoms with Crippen molar-refractivity contribution < 1.29 is 9.15 Å². The number of furan rings is 1. The van der Waals surface area contributed by atoms with Crippen molar-refractivity contribution in [3.8, 4) is 5.75 Å². The van der Waals surface area contributed by atoms with Gasteiger partial charge in [0.05, 0.1) is 28.4 Å². The second-order valence-corrected chi connectivity index (χ2v) is 33.8. The van der Waals surface area contributed by atoms with Gasteiger partial charge in [0, 0.05) is 33.8 Å². The van der Waals surface area contributed by atoms with Crippen molar-refractivity contribution >= 4 is 79.8 Å². The summed E-state index contributed by atoms with van der Waals surface area (Å²) in [5.74, 6) is 2.75. The number of ether oxygens (including phenoxy) is 1. The molecule has 0 fully saturated rings. The van der Waals surface area contributed by atoms with Gasteiger partial charge in [-0.2, -0.15) is 0 Å². The molecule has 0 spiro atoms. The first kappa shape index (κ1) is 57.4. The van der Waals surface area contributed by atoms with Crippen molar-refractivity contribution in [1.29, 1.82) is 0 Å². The van der Waals surface area contributed by atoms with Gasteiger partial charge in [-0.1, -0.05) is 180 Å². The molecule has 0 radical (unpaired) electrons. The number of rotatable bonds is 7. The maximum Gasteiger partial charge on any atom is 0.297 e. The van der Waals surface area contributed by atoms with Crippen LogP contribution in [0.3, 0.4) is 0 Å². The molecule has 7 aromatic rings. The molecule has 0 amide bonds. The number of benzene rings is 6. The SMILES string of the molecule is CC(C)CCC(C)(C)c1ccc2c(c1)N(c1ccc3c(c1)C(C)(C)CCC3(C)C)c1cc(N3C4=CCC(C(C)(C)C)C=C4Oc4ccccc43)cc3c1B2c1oc2cc4c(cc2c1N3c1ccc2c(c1)C(C)(C)CCC2(C)C)C(C)(C)CCC4(C)C. The molecule has 4 aliphatic carbocycles. The Bertz CT molecular complexity index is 4050. The van der Waals surface area contributed by atoms with Crippen molar-refractivity contribution in [2.45, 2.75) is 227 Å². The topological polar surface area (TPSA) is 32.1 Å². The molecule has 446 valence electrons. The van der Waals surface area contributed by atoms with Gasteiger partial charge in [0.15, 0.2) is 5.75 Å². The van der Waals surface area contributed by atoms with Crippen LogP contribution in [-0.4, -0.2) is 6.71 Å². The molecule has 6 aromatic carbocycles. The van der Waals surface area contributed by atoms with Crippen LogP contribution < -0.4 is 36.0 Å². The van der Waals surface area contributed by atoms with Crippen LogP contribution in [0.5, 0.6) is 5.75 Å². The summed E-state index contributed by atoms with van der Waals surface area (Å²) in [6.45, 7) is 46.2. The molecule has 0 saturated carbocycles. The van der Waals surface area contributed by atoms with Crippen LogP contribution in [0, 0.1) is 17.3 Å². The lowest BCUT2D eigenvalue weighted by Crippen LogP contribution is -2.61. The van der Waals surface area contributed by atoms with Crippen molar-refractivity contribution in [3.63, 3.8) is 0 Å². The van der Waals surface area contributed by atoms with E-state index in [0.717, 1.165) is 84.8 Å². The second kappa shape index (κ2) is 18.8. The fraction of sp³-hybridized carbons (Fsp3) is 0.475. The van der Waals surface area contributed by atoms with Crippen LogP contribution in [0.25, 0.3) is 11.0 Å². The first-order valence-corrected chi connectivity index (χ1v) is 33.1. The zero-order valence-electron chi connectivity index (χ0n) is 55.7. The zero-order valence-corrected chi connectivity index (χ0v) is 55.7. The Morgan fingerprint density at radius 1 is 0.535 bits per heavy atom. The number of hydrogen-bond acceptors (Lipinski definition) is 5. The number of anilines is 8. The van der Waals surface area contributed by atoms with E-state index in [2.05, 4.69) is 262 Å². The van der Waals surface area contributed by atoms with Crippen molar-refractivity contribution in [2.24, 2.45) is 17.3 Å². The molecule has 1 unspecified atom stereocenters. The molecule has 0 saturated heterocycles. The lowest BCUT2D eigenvalue weighted by atomic mass is 9.35. The highest BCUT2D eigenvalue weighted by molar-refractivity contribution is 7.00. The van der Waals surface area contributed by atoms with Gasteiger partial charge in [-0.15, -0.1) is 0 Å². The molecule has 6 heteroatoms. The quantitative estimate of drug-likeness (QED) is 0.149. The molecule has 5 nitrogen and oxygen atoms in total. The predicted molar refractivity (Wildman–Crippen MR) is 366 cm³/mol. The Kier molecular flexibility index (Phi) is 12.6. The number of nitrogens with zero attached hydrogens (tertiary/aromatic N) is 3. The Morgan fingerprint density at radius 3 is 1.65 bits per heavy atom. The van der Waals surface area contributed by atoms with Gasteiger partial charge in [0.2, 0.25) is 0 Å².